The van der Waals surface area contributed by atoms with E-state index in [1.807, 2.05) is 0 Å². The Kier molecular flexibility index (Phi) is 5.56. The monoisotopic (exact) mass is 344 g/mol. The van der Waals surface area contributed by atoms with E-state index in [-0.39, 0.29) is 11.1 Å². The molecule has 2 aromatic rings. The molecule has 0 spiro atoms. The summed E-state index contributed by atoms with van der Waals surface area (Å²) in [6, 6.07) is 10.9. The molecule has 0 aliphatic heterocycles. The zero-order chi connectivity index (χ0) is 17.7. The molecule has 0 unspecified atom stereocenters. The van der Waals surface area contributed by atoms with Crippen LogP contribution in [0.3, 0.4) is 0 Å². The predicted octanol–water partition coefficient (Wildman–Crippen LogP) is 4.34. The molecule has 2 rings (SSSR count). The second-order valence-electron chi connectivity index (χ2n) is 4.95. The molecule has 1 N–H and O–H groups in total. The van der Waals surface area contributed by atoms with Crippen molar-refractivity contribution in [2.24, 2.45) is 0 Å². The van der Waals surface area contributed by atoms with Crippen LogP contribution in [0, 0.1) is 24.1 Å². The van der Waals surface area contributed by atoms with Crippen molar-refractivity contribution in [1.29, 1.82) is 5.26 Å². The van der Waals surface area contributed by atoms with Crippen molar-refractivity contribution in [2.45, 2.75) is 6.92 Å². The highest BCUT2D eigenvalue weighted by Gasteiger charge is 2.14. The summed E-state index contributed by atoms with van der Waals surface area (Å²) in [5.74, 6) is -0.819. The lowest BCUT2D eigenvalue weighted by molar-refractivity contribution is -0.112. The van der Waals surface area contributed by atoms with Gasteiger partial charge in [-0.3, -0.25) is 4.79 Å². The van der Waals surface area contributed by atoms with Crippen LogP contribution in [0.4, 0.5) is 10.1 Å². The number of methoxy groups -OCH3 is 1. The normalized spacial score (nSPS) is 10.9. The molecule has 0 fully saturated rings. The Hall–Kier alpha value is -2.84. The molecule has 0 heterocycles. The van der Waals surface area contributed by atoms with Crippen LogP contribution in [-0.4, -0.2) is 13.0 Å². The third-order valence-corrected chi connectivity index (χ3v) is 3.71. The number of aryl methyl sites for hydroxylation is 1. The minimum atomic E-state index is -0.666. The second-order valence-corrected chi connectivity index (χ2v) is 5.35. The van der Waals surface area contributed by atoms with Crippen LogP contribution < -0.4 is 10.1 Å². The fourth-order valence-corrected chi connectivity index (χ4v) is 2.17. The largest absolute Gasteiger partial charge is 0.495 e. The smallest absolute Gasteiger partial charge is 0.266 e. The maximum atomic E-state index is 13.7. The zero-order valence-electron chi connectivity index (χ0n) is 13.1. The summed E-state index contributed by atoms with van der Waals surface area (Å²) in [7, 11) is 1.44. The van der Waals surface area contributed by atoms with Crippen LogP contribution in [0.1, 0.15) is 11.1 Å². The molecule has 0 aliphatic rings. The van der Waals surface area contributed by atoms with Crippen molar-refractivity contribution in [3.63, 3.8) is 0 Å². The minimum absolute atomic E-state index is 0.156. The van der Waals surface area contributed by atoms with Crippen LogP contribution in [0.25, 0.3) is 6.08 Å². The molecule has 24 heavy (non-hydrogen) atoms. The number of nitrogens with one attached hydrogen (secondary N) is 1. The fraction of sp³-hybridized carbons (Fsp3) is 0.111. The lowest BCUT2D eigenvalue weighted by Crippen LogP contribution is -2.14. The van der Waals surface area contributed by atoms with Gasteiger partial charge < -0.3 is 10.1 Å². The predicted molar refractivity (Wildman–Crippen MR) is 91.4 cm³/mol. The van der Waals surface area contributed by atoms with E-state index in [1.165, 1.54) is 31.4 Å². The first-order valence-electron chi connectivity index (χ1n) is 6.98. The first-order valence-corrected chi connectivity index (χ1v) is 7.36. The third-order valence-electron chi connectivity index (χ3n) is 3.30. The highest BCUT2D eigenvalue weighted by molar-refractivity contribution is 6.31. The molecule has 0 saturated heterocycles. The minimum Gasteiger partial charge on any atom is -0.495 e. The number of anilines is 1. The van der Waals surface area contributed by atoms with E-state index < -0.39 is 11.7 Å². The molecule has 2 aromatic carbocycles. The van der Waals surface area contributed by atoms with Gasteiger partial charge >= 0.3 is 0 Å². The molecule has 1 amide bonds. The summed E-state index contributed by atoms with van der Waals surface area (Å²) in [5.41, 5.74) is 1.04. The van der Waals surface area contributed by atoms with E-state index in [4.69, 9.17) is 16.3 Å². The van der Waals surface area contributed by atoms with E-state index in [0.29, 0.717) is 16.5 Å². The summed E-state index contributed by atoms with van der Waals surface area (Å²) in [6.07, 6.45) is 1.19. The lowest BCUT2D eigenvalue weighted by atomic mass is 10.1. The molecule has 0 aromatic heterocycles. The van der Waals surface area contributed by atoms with Gasteiger partial charge in [0.1, 0.15) is 23.2 Å². The summed E-state index contributed by atoms with van der Waals surface area (Å²) in [4.78, 5) is 12.3. The molecular weight excluding hydrogens is 331 g/mol. The highest BCUT2D eigenvalue weighted by atomic mass is 35.5. The number of rotatable bonds is 4. The number of amides is 1. The van der Waals surface area contributed by atoms with E-state index >= 15 is 0 Å². The topological polar surface area (TPSA) is 62.1 Å². The van der Waals surface area contributed by atoms with Gasteiger partial charge in [-0.2, -0.15) is 5.26 Å². The Morgan fingerprint density at radius 3 is 2.71 bits per heavy atom. The van der Waals surface area contributed by atoms with E-state index in [9.17, 15) is 14.4 Å². The van der Waals surface area contributed by atoms with Gasteiger partial charge in [0.25, 0.3) is 5.91 Å². The van der Waals surface area contributed by atoms with Gasteiger partial charge in [0.2, 0.25) is 0 Å². The number of carbonyl (C=O) groups is 1. The van der Waals surface area contributed by atoms with Gasteiger partial charge in [-0.25, -0.2) is 4.39 Å². The van der Waals surface area contributed by atoms with Crippen molar-refractivity contribution in [2.75, 3.05) is 12.4 Å². The number of carbonyl (C=O) groups excluding carboxylic acids is 1. The van der Waals surface area contributed by atoms with Crippen LogP contribution in [0.2, 0.25) is 5.02 Å². The Balaban J connectivity index is 2.33. The highest BCUT2D eigenvalue weighted by Crippen LogP contribution is 2.31. The maximum absolute atomic E-state index is 13.7. The molecule has 0 saturated carbocycles. The van der Waals surface area contributed by atoms with Gasteiger partial charge in [-0.15, -0.1) is 0 Å². The third kappa shape index (κ3) is 3.92. The SMILES string of the molecule is COc1cc(Cl)c(C)cc1NC(=O)/C(C#N)=C/c1ccccc1F. The van der Waals surface area contributed by atoms with Crippen molar-refractivity contribution < 1.29 is 13.9 Å². The van der Waals surface area contributed by atoms with Gasteiger partial charge in [0, 0.05) is 16.7 Å². The average Bonchev–Trinajstić information content (AvgIpc) is 2.57. The maximum Gasteiger partial charge on any atom is 0.266 e. The van der Waals surface area contributed by atoms with Crippen LogP contribution in [0.5, 0.6) is 5.75 Å². The Morgan fingerprint density at radius 2 is 2.08 bits per heavy atom. The number of hydrogen-bond acceptors (Lipinski definition) is 3. The Bertz CT molecular complexity index is 857. The average molecular weight is 345 g/mol. The van der Waals surface area contributed by atoms with Crippen LogP contribution in [0.15, 0.2) is 42.0 Å². The van der Waals surface area contributed by atoms with Crippen molar-refractivity contribution in [3.05, 3.63) is 63.9 Å². The van der Waals surface area contributed by atoms with Gasteiger partial charge in [-0.1, -0.05) is 29.8 Å². The Morgan fingerprint density at radius 1 is 1.38 bits per heavy atom. The van der Waals surface area contributed by atoms with Gasteiger partial charge in [0.15, 0.2) is 0 Å². The summed E-state index contributed by atoms with van der Waals surface area (Å²) in [6.45, 7) is 1.78. The molecular formula is C18H14ClFN2O2. The Labute approximate surface area is 144 Å². The molecule has 0 atom stereocenters. The first kappa shape index (κ1) is 17.5. The van der Waals surface area contributed by atoms with Crippen molar-refractivity contribution in [1.82, 2.24) is 0 Å². The molecule has 6 heteroatoms. The molecule has 122 valence electrons. The second kappa shape index (κ2) is 7.62. The van der Waals surface area contributed by atoms with Crippen molar-refractivity contribution in [3.8, 4) is 11.8 Å². The number of ether oxygens (including phenoxy) is 1. The quantitative estimate of drug-likeness (QED) is 0.662. The number of halogens is 2. The van der Waals surface area contributed by atoms with E-state index in [1.54, 1.807) is 31.2 Å². The van der Waals surface area contributed by atoms with Crippen LogP contribution in [-0.2, 0) is 4.79 Å². The lowest BCUT2D eigenvalue weighted by Gasteiger charge is -2.12. The van der Waals surface area contributed by atoms with E-state index in [0.717, 1.165) is 5.56 Å². The molecule has 4 nitrogen and oxygen atoms in total. The fourth-order valence-electron chi connectivity index (χ4n) is 2.02. The van der Waals surface area contributed by atoms with Gasteiger partial charge in [-0.05, 0) is 30.7 Å². The molecule has 0 aliphatic carbocycles. The molecule has 0 bridgehead atoms. The number of nitriles is 1. The van der Waals surface area contributed by atoms with Crippen molar-refractivity contribution >= 4 is 29.3 Å². The number of hydrogen-bond donors (Lipinski definition) is 1. The zero-order valence-corrected chi connectivity index (χ0v) is 13.8. The summed E-state index contributed by atoms with van der Waals surface area (Å²) in [5, 5.41) is 12.3. The molecule has 0 radical (unpaired) electrons. The number of benzene rings is 2. The van der Waals surface area contributed by atoms with Gasteiger partial charge in [0.05, 0.1) is 12.8 Å². The summed E-state index contributed by atoms with van der Waals surface area (Å²) < 4.78 is 18.8. The number of nitrogens with zero attached hydrogens (tertiary/aromatic N) is 1. The first-order chi connectivity index (χ1) is 11.5. The summed E-state index contributed by atoms with van der Waals surface area (Å²) >= 11 is 6.02. The van der Waals surface area contributed by atoms with E-state index in [2.05, 4.69) is 5.32 Å². The standard InChI is InChI=1S/C18H14ClFN2O2/c1-11-7-16(17(24-2)9-14(11)19)22-18(23)13(10-21)8-12-5-3-4-6-15(12)20/h3-9H,1-2H3,(H,22,23)/b13-8+. The van der Waals surface area contributed by atoms with Crippen LogP contribution >= 0.6 is 11.6 Å².